The number of rotatable bonds is 12. The lowest BCUT2D eigenvalue weighted by Gasteiger charge is -2.10. The Morgan fingerprint density at radius 1 is 1.00 bits per heavy atom. The Morgan fingerprint density at radius 2 is 1.65 bits per heavy atom. The number of methoxy groups -OCH3 is 1. The minimum absolute atomic E-state index is 0.367. The molecule has 0 heterocycles. The van der Waals surface area contributed by atoms with Gasteiger partial charge in [0.2, 0.25) is 0 Å². The van der Waals surface area contributed by atoms with E-state index in [1.54, 1.807) is 0 Å². The third-order valence-electron chi connectivity index (χ3n) is 3.64. The van der Waals surface area contributed by atoms with Gasteiger partial charge in [0, 0.05) is 0 Å². The number of hydrogen-bond acceptors (Lipinski definition) is 3. The fraction of sp³-hybridized carbons (Fsp3) is 0.750. The van der Waals surface area contributed by atoms with Gasteiger partial charge in [0.05, 0.1) is 7.11 Å². The first-order valence-corrected chi connectivity index (χ1v) is 9.15. The SMILES string of the molecule is CCCCCC/C=C/C#CC(CCCCCCC)OC(=O)OC. The van der Waals surface area contributed by atoms with E-state index in [9.17, 15) is 4.79 Å². The minimum Gasteiger partial charge on any atom is -0.438 e. The van der Waals surface area contributed by atoms with Crippen LogP contribution in [0.5, 0.6) is 0 Å². The highest BCUT2D eigenvalue weighted by Crippen LogP contribution is 2.10. The van der Waals surface area contributed by atoms with Crippen molar-refractivity contribution in [1.82, 2.24) is 0 Å². The Balaban J connectivity index is 4.11. The van der Waals surface area contributed by atoms with Crippen molar-refractivity contribution in [3.8, 4) is 11.8 Å². The Hall–Kier alpha value is -1.43. The molecular weight excluding hydrogens is 288 g/mol. The van der Waals surface area contributed by atoms with Crippen LogP contribution in [-0.4, -0.2) is 19.4 Å². The summed E-state index contributed by atoms with van der Waals surface area (Å²) in [6, 6.07) is 0. The summed E-state index contributed by atoms with van der Waals surface area (Å²) < 4.78 is 9.76. The molecule has 0 saturated heterocycles. The van der Waals surface area contributed by atoms with Gasteiger partial charge in [-0.05, 0) is 31.8 Å². The molecule has 0 aromatic heterocycles. The van der Waals surface area contributed by atoms with Gasteiger partial charge in [0.15, 0.2) is 6.10 Å². The summed E-state index contributed by atoms with van der Waals surface area (Å²) in [6.07, 6.45) is 15.7. The van der Waals surface area contributed by atoms with Crippen LogP contribution in [0.3, 0.4) is 0 Å². The summed E-state index contributed by atoms with van der Waals surface area (Å²) in [7, 11) is 1.32. The van der Waals surface area contributed by atoms with Crippen molar-refractivity contribution in [1.29, 1.82) is 0 Å². The van der Waals surface area contributed by atoms with E-state index in [1.807, 2.05) is 6.08 Å². The third-order valence-corrected chi connectivity index (χ3v) is 3.64. The Kier molecular flexibility index (Phi) is 15.9. The average molecular weight is 322 g/mol. The molecule has 0 N–H and O–H groups in total. The molecule has 0 aliphatic carbocycles. The van der Waals surface area contributed by atoms with E-state index in [0.29, 0.717) is 0 Å². The zero-order valence-corrected chi connectivity index (χ0v) is 15.2. The van der Waals surface area contributed by atoms with E-state index in [-0.39, 0.29) is 6.10 Å². The van der Waals surface area contributed by atoms with Crippen molar-refractivity contribution in [3.05, 3.63) is 12.2 Å². The fourth-order valence-corrected chi connectivity index (χ4v) is 2.23. The third kappa shape index (κ3) is 15.2. The molecule has 3 heteroatoms. The second-order valence-corrected chi connectivity index (χ2v) is 5.80. The summed E-state index contributed by atoms with van der Waals surface area (Å²) in [5.74, 6) is 6.01. The molecule has 0 aromatic carbocycles. The Bertz CT molecular complexity index is 363. The van der Waals surface area contributed by atoms with Gasteiger partial charge >= 0.3 is 6.16 Å². The van der Waals surface area contributed by atoms with E-state index >= 15 is 0 Å². The first-order valence-electron chi connectivity index (χ1n) is 9.15. The largest absolute Gasteiger partial charge is 0.509 e. The number of allylic oxidation sites excluding steroid dienone is 2. The lowest BCUT2D eigenvalue weighted by Crippen LogP contribution is -2.16. The van der Waals surface area contributed by atoms with Crippen molar-refractivity contribution in [2.75, 3.05) is 7.11 Å². The number of hydrogen-bond donors (Lipinski definition) is 0. The maximum absolute atomic E-state index is 11.3. The summed E-state index contributed by atoms with van der Waals surface area (Å²) in [4.78, 5) is 11.3. The molecule has 23 heavy (non-hydrogen) atoms. The quantitative estimate of drug-likeness (QED) is 0.250. The molecule has 0 saturated carbocycles. The predicted octanol–water partition coefficient (Wildman–Crippen LogP) is 6.03. The van der Waals surface area contributed by atoms with Crippen LogP contribution in [0.2, 0.25) is 0 Å². The highest BCUT2D eigenvalue weighted by molar-refractivity contribution is 5.60. The highest BCUT2D eigenvalue weighted by Gasteiger charge is 2.11. The molecule has 1 unspecified atom stereocenters. The minimum atomic E-state index is -0.651. The second kappa shape index (κ2) is 16.9. The van der Waals surface area contributed by atoms with Crippen LogP contribution in [0.4, 0.5) is 4.79 Å². The van der Waals surface area contributed by atoms with Crippen molar-refractivity contribution >= 4 is 6.16 Å². The van der Waals surface area contributed by atoms with Crippen molar-refractivity contribution < 1.29 is 14.3 Å². The van der Waals surface area contributed by atoms with Crippen molar-refractivity contribution in [2.24, 2.45) is 0 Å². The van der Waals surface area contributed by atoms with E-state index in [1.165, 1.54) is 52.1 Å². The van der Waals surface area contributed by atoms with E-state index in [0.717, 1.165) is 25.7 Å². The molecule has 0 bridgehead atoms. The van der Waals surface area contributed by atoms with Crippen molar-refractivity contribution in [2.45, 2.75) is 90.6 Å². The number of carbonyl (C=O) groups excluding carboxylic acids is 1. The van der Waals surface area contributed by atoms with Crippen LogP contribution in [0.15, 0.2) is 12.2 Å². The van der Waals surface area contributed by atoms with Crippen LogP contribution in [0.25, 0.3) is 0 Å². The number of unbranched alkanes of at least 4 members (excludes halogenated alkanes) is 8. The number of ether oxygens (including phenoxy) is 2. The maximum atomic E-state index is 11.3. The first kappa shape index (κ1) is 21.6. The topological polar surface area (TPSA) is 35.5 Å². The van der Waals surface area contributed by atoms with Gasteiger partial charge < -0.3 is 9.47 Å². The molecule has 1 atom stereocenters. The van der Waals surface area contributed by atoms with E-state index in [4.69, 9.17) is 4.74 Å². The van der Waals surface area contributed by atoms with Crippen LogP contribution < -0.4 is 0 Å². The molecule has 0 aromatic rings. The highest BCUT2D eigenvalue weighted by atomic mass is 16.7. The summed E-state index contributed by atoms with van der Waals surface area (Å²) >= 11 is 0. The van der Waals surface area contributed by atoms with Gasteiger partial charge in [-0.25, -0.2) is 4.79 Å². The molecule has 3 nitrogen and oxygen atoms in total. The molecule has 0 radical (unpaired) electrons. The van der Waals surface area contributed by atoms with Gasteiger partial charge in [-0.3, -0.25) is 0 Å². The molecule has 0 aliphatic heterocycles. The number of carbonyl (C=O) groups is 1. The van der Waals surface area contributed by atoms with Crippen LogP contribution >= 0.6 is 0 Å². The molecule has 0 fully saturated rings. The molecular formula is C20H34O3. The first-order chi connectivity index (χ1) is 11.2. The normalized spacial score (nSPS) is 11.8. The van der Waals surface area contributed by atoms with Gasteiger partial charge in [0.25, 0.3) is 0 Å². The molecule has 0 amide bonds. The van der Waals surface area contributed by atoms with Gasteiger partial charge in [-0.2, -0.15) is 0 Å². The Labute approximate surface area is 142 Å². The maximum Gasteiger partial charge on any atom is 0.509 e. The second-order valence-electron chi connectivity index (χ2n) is 5.80. The monoisotopic (exact) mass is 322 g/mol. The molecule has 0 rings (SSSR count). The lowest BCUT2D eigenvalue weighted by molar-refractivity contribution is 0.0521. The zero-order valence-electron chi connectivity index (χ0n) is 15.2. The van der Waals surface area contributed by atoms with E-state index < -0.39 is 6.16 Å². The lowest BCUT2D eigenvalue weighted by atomic mass is 10.1. The van der Waals surface area contributed by atoms with Gasteiger partial charge in [-0.1, -0.05) is 76.7 Å². The van der Waals surface area contributed by atoms with Crippen LogP contribution in [0, 0.1) is 11.8 Å². The van der Waals surface area contributed by atoms with Crippen LogP contribution in [-0.2, 0) is 9.47 Å². The predicted molar refractivity (Wildman–Crippen MR) is 96.3 cm³/mol. The molecule has 0 aliphatic rings. The van der Waals surface area contributed by atoms with Crippen molar-refractivity contribution in [3.63, 3.8) is 0 Å². The zero-order chi connectivity index (χ0) is 17.2. The van der Waals surface area contributed by atoms with Gasteiger partial charge in [-0.15, -0.1) is 0 Å². The fourth-order valence-electron chi connectivity index (χ4n) is 2.23. The smallest absolute Gasteiger partial charge is 0.438 e. The van der Waals surface area contributed by atoms with E-state index in [2.05, 4.69) is 36.5 Å². The molecule has 0 spiro atoms. The standard InChI is InChI=1S/C20H34O3/c1-4-6-8-10-11-12-14-16-18-19(23-20(21)22-3)17-15-13-9-7-5-2/h12,14,19H,4-11,13,15,17H2,1-3H3/b14-12+. The summed E-state index contributed by atoms with van der Waals surface area (Å²) in [5, 5.41) is 0. The molecule has 132 valence electrons. The average Bonchev–Trinajstić information content (AvgIpc) is 2.56. The van der Waals surface area contributed by atoms with Crippen LogP contribution in [0.1, 0.15) is 84.5 Å². The van der Waals surface area contributed by atoms with Gasteiger partial charge in [0.1, 0.15) is 0 Å². The summed E-state index contributed by atoms with van der Waals surface area (Å²) in [6.45, 7) is 4.41. The Morgan fingerprint density at radius 3 is 2.30 bits per heavy atom. The summed E-state index contributed by atoms with van der Waals surface area (Å²) in [5.41, 5.74) is 0.